The molecular weight excluding hydrogens is 169 g/mol. The lowest BCUT2D eigenvalue weighted by Gasteiger charge is -2.21. The summed E-state index contributed by atoms with van der Waals surface area (Å²) in [7, 11) is 0. The zero-order chi connectivity index (χ0) is 6.53. The first kappa shape index (κ1) is 10.3. The summed E-state index contributed by atoms with van der Waals surface area (Å²) in [4.78, 5) is 2.35. The smallest absolute Gasteiger partial charge is 0.0351 e. The van der Waals surface area contributed by atoms with Gasteiger partial charge in [0.25, 0.3) is 0 Å². The maximum atomic E-state index is 5.57. The van der Waals surface area contributed by atoms with E-state index in [9.17, 15) is 0 Å². The van der Waals surface area contributed by atoms with E-state index in [-0.39, 0.29) is 12.4 Å². The van der Waals surface area contributed by atoms with Crippen molar-refractivity contribution in [1.82, 2.24) is 4.90 Å². The standard InChI is InChI=1S/C7H12ClN.ClH/c8-4-7-9-5-2-1-3-6-9;/h1-2H,3-7H2;1H. The second kappa shape index (κ2) is 6.02. The molecule has 1 aliphatic heterocycles. The number of hydrogen-bond donors (Lipinski definition) is 0. The Morgan fingerprint density at radius 1 is 1.40 bits per heavy atom. The van der Waals surface area contributed by atoms with Gasteiger partial charge in [0.1, 0.15) is 0 Å². The maximum absolute atomic E-state index is 5.57. The van der Waals surface area contributed by atoms with Crippen molar-refractivity contribution in [2.45, 2.75) is 6.42 Å². The largest absolute Gasteiger partial charge is 0.298 e. The predicted molar refractivity (Wildman–Crippen MR) is 48.2 cm³/mol. The second-order valence-corrected chi connectivity index (χ2v) is 2.63. The lowest BCUT2D eigenvalue weighted by atomic mass is 10.2. The van der Waals surface area contributed by atoms with E-state index in [4.69, 9.17) is 11.6 Å². The molecule has 0 N–H and O–H groups in total. The molecular formula is C7H13Cl2N. The Morgan fingerprint density at radius 2 is 2.20 bits per heavy atom. The molecule has 0 bridgehead atoms. The van der Waals surface area contributed by atoms with Crippen LogP contribution in [0, 0.1) is 0 Å². The van der Waals surface area contributed by atoms with Crippen molar-refractivity contribution in [3.05, 3.63) is 12.2 Å². The topological polar surface area (TPSA) is 3.24 Å². The van der Waals surface area contributed by atoms with Crippen LogP contribution in [0.2, 0.25) is 0 Å². The molecule has 0 radical (unpaired) electrons. The molecule has 0 spiro atoms. The van der Waals surface area contributed by atoms with Gasteiger partial charge in [-0.25, -0.2) is 0 Å². The summed E-state index contributed by atoms with van der Waals surface area (Å²) in [5.74, 6) is 0.758. The molecule has 0 saturated carbocycles. The zero-order valence-electron chi connectivity index (χ0n) is 5.92. The third-order valence-corrected chi connectivity index (χ3v) is 1.71. The van der Waals surface area contributed by atoms with Gasteiger partial charge < -0.3 is 0 Å². The highest BCUT2D eigenvalue weighted by molar-refractivity contribution is 6.18. The van der Waals surface area contributed by atoms with Crippen LogP contribution in [0.25, 0.3) is 0 Å². The molecule has 0 atom stereocenters. The van der Waals surface area contributed by atoms with Gasteiger partial charge in [-0.05, 0) is 6.42 Å². The first-order valence-electron chi connectivity index (χ1n) is 3.37. The molecule has 0 aromatic rings. The molecule has 0 fully saturated rings. The summed E-state index contributed by atoms with van der Waals surface area (Å²) in [5.41, 5.74) is 0. The van der Waals surface area contributed by atoms with E-state index < -0.39 is 0 Å². The van der Waals surface area contributed by atoms with E-state index >= 15 is 0 Å². The van der Waals surface area contributed by atoms with Crippen LogP contribution in [0.5, 0.6) is 0 Å². The Bertz CT molecular complexity index is 104. The molecule has 60 valence electrons. The van der Waals surface area contributed by atoms with E-state index in [1.54, 1.807) is 0 Å². The fourth-order valence-electron chi connectivity index (χ4n) is 1.01. The maximum Gasteiger partial charge on any atom is 0.0351 e. The number of alkyl halides is 1. The van der Waals surface area contributed by atoms with Crippen LogP contribution in [-0.4, -0.2) is 30.4 Å². The van der Waals surface area contributed by atoms with Crippen LogP contribution in [-0.2, 0) is 0 Å². The average molecular weight is 182 g/mol. The van der Waals surface area contributed by atoms with E-state index in [0.717, 1.165) is 19.0 Å². The van der Waals surface area contributed by atoms with E-state index in [0.29, 0.717) is 0 Å². The quantitative estimate of drug-likeness (QED) is 0.465. The van der Waals surface area contributed by atoms with Gasteiger partial charge in [-0.2, -0.15) is 0 Å². The number of halogens is 2. The van der Waals surface area contributed by atoms with Crippen molar-refractivity contribution in [2.24, 2.45) is 0 Å². The SMILES string of the molecule is Cl.ClCCN1CC=CCC1. The summed E-state index contributed by atoms with van der Waals surface area (Å²) < 4.78 is 0. The first-order valence-corrected chi connectivity index (χ1v) is 3.90. The van der Waals surface area contributed by atoms with Crippen molar-refractivity contribution >= 4 is 24.0 Å². The first-order chi connectivity index (χ1) is 4.43. The highest BCUT2D eigenvalue weighted by Crippen LogP contribution is 1.99. The van der Waals surface area contributed by atoms with Gasteiger partial charge in [0, 0.05) is 25.5 Å². The van der Waals surface area contributed by atoms with Gasteiger partial charge in [0.05, 0.1) is 0 Å². The minimum Gasteiger partial charge on any atom is -0.298 e. The highest BCUT2D eigenvalue weighted by atomic mass is 35.5. The van der Waals surface area contributed by atoms with E-state index in [1.807, 2.05) is 0 Å². The summed E-state index contributed by atoms with van der Waals surface area (Å²) in [5, 5.41) is 0. The Balaban J connectivity index is 0.000000810. The Labute approximate surface area is 73.4 Å². The van der Waals surface area contributed by atoms with E-state index in [1.165, 1.54) is 13.0 Å². The van der Waals surface area contributed by atoms with Crippen molar-refractivity contribution in [2.75, 3.05) is 25.5 Å². The summed E-state index contributed by atoms with van der Waals surface area (Å²) >= 11 is 5.57. The van der Waals surface area contributed by atoms with Gasteiger partial charge in [-0.15, -0.1) is 24.0 Å². The molecule has 1 aliphatic rings. The molecule has 1 heterocycles. The van der Waals surface area contributed by atoms with Gasteiger partial charge in [0.2, 0.25) is 0 Å². The van der Waals surface area contributed by atoms with Crippen LogP contribution < -0.4 is 0 Å². The molecule has 0 aromatic carbocycles. The summed E-state index contributed by atoms with van der Waals surface area (Å²) in [6.45, 7) is 3.31. The number of nitrogens with zero attached hydrogens (tertiary/aromatic N) is 1. The number of rotatable bonds is 2. The van der Waals surface area contributed by atoms with Crippen molar-refractivity contribution < 1.29 is 0 Å². The fourth-order valence-corrected chi connectivity index (χ4v) is 1.25. The van der Waals surface area contributed by atoms with Crippen LogP contribution in [0.3, 0.4) is 0 Å². The normalized spacial score (nSPS) is 18.5. The van der Waals surface area contributed by atoms with Crippen LogP contribution in [0.1, 0.15) is 6.42 Å². The molecule has 0 amide bonds. The van der Waals surface area contributed by atoms with Crippen LogP contribution in [0.15, 0.2) is 12.2 Å². The highest BCUT2D eigenvalue weighted by Gasteiger charge is 2.02. The second-order valence-electron chi connectivity index (χ2n) is 2.25. The van der Waals surface area contributed by atoms with Gasteiger partial charge >= 0.3 is 0 Å². The number of hydrogen-bond acceptors (Lipinski definition) is 1. The predicted octanol–water partition coefficient (Wildman–Crippen LogP) is 1.91. The van der Waals surface area contributed by atoms with E-state index in [2.05, 4.69) is 17.1 Å². The Hall–Kier alpha value is 0.280. The third kappa shape index (κ3) is 3.45. The molecule has 10 heavy (non-hydrogen) atoms. The summed E-state index contributed by atoms with van der Waals surface area (Å²) in [6.07, 6.45) is 5.62. The average Bonchev–Trinajstić information content (AvgIpc) is 1.91. The molecule has 0 aliphatic carbocycles. The van der Waals surface area contributed by atoms with Crippen molar-refractivity contribution in [3.63, 3.8) is 0 Å². The lowest BCUT2D eigenvalue weighted by Crippen LogP contribution is -2.28. The van der Waals surface area contributed by atoms with Crippen molar-refractivity contribution in [1.29, 1.82) is 0 Å². The van der Waals surface area contributed by atoms with Crippen LogP contribution in [0.4, 0.5) is 0 Å². The fraction of sp³-hybridized carbons (Fsp3) is 0.714. The molecule has 1 rings (SSSR count). The lowest BCUT2D eigenvalue weighted by molar-refractivity contribution is 0.317. The molecule has 0 aromatic heterocycles. The van der Waals surface area contributed by atoms with Crippen LogP contribution >= 0.6 is 24.0 Å². The molecule has 3 heteroatoms. The van der Waals surface area contributed by atoms with Gasteiger partial charge in [0.15, 0.2) is 0 Å². The summed E-state index contributed by atoms with van der Waals surface area (Å²) in [6, 6.07) is 0. The molecule has 1 nitrogen and oxygen atoms in total. The van der Waals surface area contributed by atoms with Gasteiger partial charge in [-0.3, -0.25) is 4.90 Å². The Kier molecular flexibility index (Phi) is 6.19. The zero-order valence-corrected chi connectivity index (χ0v) is 7.50. The minimum atomic E-state index is 0. The van der Waals surface area contributed by atoms with Crippen molar-refractivity contribution in [3.8, 4) is 0 Å². The Morgan fingerprint density at radius 3 is 2.70 bits per heavy atom. The third-order valence-electron chi connectivity index (χ3n) is 1.54. The molecule has 0 saturated heterocycles. The molecule has 0 unspecified atom stereocenters. The van der Waals surface area contributed by atoms with Gasteiger partial charge in [-0.1, -0.05) is 12.2 Å². The monoisotopic (exact) mass is 181 g/mol. The minimum absolute atomic E-state index is 0.